The fourth-order valence-corrected chi connectivity index (χ4v) is 1.94. The fourth-order valence-electron chi connectivity index (χ4n) is 1.94. The van der Waals surface area contributed by atoms with E-state index in [0.29, 0.717) is 19.1 Å². The highest BCUT2D eigenvalue weighted by atomic mass is 16.6. The van der Waals surface area contributed by atoms with Crippen LogP contribution in [0, 0.1) is 17.8 Å². The Labute approximate surface area is 130 Å². The molecule has 1 aliphatic carbocycles. The summed E-state index contributed by atoms with van der Waals surface area (Å²) in [6.07, 6.45) is 5.66. The molecule has 0 saturated heterocycles. The van der Waals surface area contributed by atoms with Gasteiger partial charge in [-0.3, -0.25) is 0 Å². The second-order valence-electron chi connectivity index (χ2n) is 5.17. The Kier molecular flexibility index (Phi) is 4.50. The molecule has 0 amide bonds. The second kappa shape index (κ2) is 6.90. The van der Waals surface area contributed by atoms with Crippen molar-refractivity contribution in [2.24, 2.45) is 11.1 Å². The normalized spacial score (nSPS) is 14.3. The minimum Gasteiger partial charge on any atom is -0.396 e. The van der Waals surface area contributed by atoms with Gasteiger partial charge in [0.2, 0.25) is 0 Å². The molecule has 3 rings (SSSR count). The zero-order chi connectivity index (χ0) is 15.2. The van der Waals surface area contributed by atoms with E-state index in [9.17, 15) is 0 Å². The standard InChI is InChI=1S/C17H18N4O/c1-2-22-20-17(11-21-13-18-12-19-21)16-9-7-15(8-10-16)6-5-14-3-4-14/h7-10,12-14H,2-4,11H2,1H3. The van der Waals surface area contributed by atoms with Crippen LogP contribution in [0.2, 0.25) is 0 Å². The molecule has 22 heavy (non-hydrogen) atoms. The molecule has 1 saturated carbocycles. The third kappa shape index (κ3) is 3.95. The van der Waals surface area contributed by atoms with Crippen molar-refractivity contribution >= 4 is 5.71 Å². The van der Waals surface area contributed by atoms with E-state index in [1.807, 2.05) is 31.2 Å². The Balaban J connectivity index is 1.76. The summed E-state index contributed by atoms with van der Waals surface area (Å²) in [4.78, 5) is 9.16. The molecule has 1 aromatic heterocycles. The summed E-state index contributed by atoms with van der Waals surface area (Å²) < 4.78 is 1.72. The average Bonchev–Trinajstić information content (AvgIpc) is 3.25. The van der Waals surface area contributed by atoms with Gasteiger partial charge in [-0.25, -0.2) is 9.67 Å². The first-order valence-corrected chi connectivity index (χ1v) is 7.48. The van der Waals surface area contributed by atoms with Crippen molar-refractivity contribution in [1.29, 1.82) is 0 Å². The van der Waals surface area contributed by atoms with Crippen LogP contribution in [-0.4, -0.2) is 27.1 Å². The number of rotatable bonds is 5. The van der Waals surface area contributed by atoms with Gasteiger partial charge >= 0.3 is 0 Å². The van der Waals surface area contributed by atoms with E-state index in [0.717, 1.165) is 16.8 Å². The molecule has 1 heterocycles. The molecule has 5 heteroatoms. The van der Waals surface area contributed by atoms with E-state index in [1.165, 1.54) is 19.2 Å². The Morgan fingerprint density at radius 3 is 2.82 bits per heavy atom. The lowest BCUT2D eigenvalue weighted by molar-refractivity contribution is 0.158. The van der Waals surface area contributed by atoms with Crippen molar-refractivity contribution in [3.05, 3.63) is 48.0 Å². The van der Waals surface area contributed by atoms with Crippen molar-refractivity contribution in [3.8, 4) is 11.8 Å². The maximum Gasteiger partial charge on any atom is 0.137 e. The van der Waals surface area contributed by atoms with E-state index in [4.69, 9.17) is 4.84 Å². The molecule has 0 spiro atoms. The molecule has 1 aliphatic rings. The van der Waals surface area contributed by atoms with Gasteiger partial charge in [-0.05, 0) is 31.9 Å². The van der Waals surface area contributed by atoms with Crippen molar-refractivity contribution in [2.75, 3.05) is 6.61 Å². The van der Waals surface area contributed by atoms with E-state index in [1.54, 1.807) is 11.0 Å². The molecule has 0 bridgehead atoms. The molecule has 0 aliphatic heterocycles. The molecule has 0 unspecified atom stereocenters. The quantitative estimate of drug-likeness (QED) is 0.483. The summed E-state index contributed by atoms with van der Waals surface area (Å²) in [5.74, 6) is 7.09. The Hall–Kier alpha value is -2.61. The number of aromatic nitrogens is 3. The van der Waals surface area contributed by atoms with Crippen LogP contribution in [0.3, 0.4) is 0 Å². The van der Waals surface area contributed by atoms with Gasteiger partial charge in [0, 0.05) is 17.0 Å². The van der Waals surface area contributed by atoms with E-state index in [-0.39, 0.29) is 0 Å². The maximum atomic E-state index is 5.21. The third-order valence-electron chi connectivity index (χ3n) is 3.30. The van der Waals surface area contributed by atoms with Crippen molar-refractivity contribution in [2.45, 2.75) is 26.3 Å². The van der Waals surface area contributed by atoms with Gasteiger partial charge in [-0.1, -0.05) is 29.1 Å². The summed E-state index contributed by atoms with van der Waals surface area (Å²) >= 11 is 0. The van der Waals surface area contributed by atoms with Gasteiger partial charge in [0.25, 0.3) is 0 Å². The largest absolute Gasteiger partial charge is 0.396 e. The van der Waals surface area contributed by atoms with Crippen molar-refractivity contribution in [1.82, 2.24) is 14.8 Å². The van der Waals surface area contributed by atoms with Crippen LogP contribution in [0.4, 0.5) is 0 Å². The number of nitrogens with zero attached hydrogens (tertiary/aromatic N) is 4. The summed E-state index contributed by atoms with van der Waals surface area (Å²) in [7, 11) is 0. The molecular weight excluding hydrogens is 276 g/mol. The first kappa shape index (κ1) is 14.3. The highest BCUT2D eigenvalue weighted by Gasteiger charge is 2.17. The molecule has 0 radical (unpaired) electrons. The lowest BCUT2D eigenvalue weighted by atomic mass is 10.1. The molecular formula is C17H18N4O. The minimum atomic E-state index is 0.521. The van der Waals surface area contributed by atoms with Crippen LogP contribution >= 0.6 is 0 Å². The second-order valence-corrected chi connectivity index (χ2v) is 5.17. The first-order valence-electron chi connectivity index (χ1n) is 7.48. The van der Waals surface area contributed by atoms with E-state index in [2.05, 4.69) is 27.1 Å². The highest BCUT2D eigenvalue weighted by Crippen LogP contribution is 2.27. The SMILES string of the molecule is CCON=C(Cn1cncn1)c1ccc(C#CC2CC2)cc1. The highest BCUT2D eigenvalue weighted by molar-refractivity contribution is 6.00. The van der Waals surface area contributed by atoms with Gasteiger partial charge in [-0.2, -0.15) is 5.10 Å². The van der Waals surface area contributed by atoms with Gasteiger partial charge in [-0.15, -0.1) is 0 Å². The van der Waals surface area contributed by atoms with Crippen LogP contribution in [0.1, 0.15) is 30.9 Å². The molecule has 1 aromatic carbocycles. The van der Waals surface area contributed by atoms with Crippen LogP contribution < -0.4 is 0 Å². The summed E-state index contributed by atoms with van der Waals surface area (Å²) in [6.45, 7) is 2.96. The first-order chi connectivity index (χ1) is 10.8. The number of benzene rings is 1. The molecule has 5 nitrogen and oxygen atoms in total. The van der Waals surface area contributed by atoms with Gasteiger partial charge in [0.05, 0.1) is 6.54 Å². The summed E-state index contributed by atoms with van der Waals surface area (Å²) in [5.41, 5.74) is 2.85. The number of hydrogen-bond donors (Lipinski definition) is 0. The van der Waals surface area contributed by atoms with Crippen LogP contribution in [-0.2, 0) is 11.4 Å². The van der Waals surface area contributed by atoms with Crippen molar-refractivity contribution in [3.63, 3.8) is 0 Å². The Bertz CT molecular complexity index is 689. The predicted octanol–water partition coefficient (Wildman–Crippen LogP) is 2.48. The number of hydrogen-bond acceptors (Lipinski definition) is 4. The summed E-state index contributed by atoms with van der Waals surface area (Å²) in [6, 6.07) is 8.08. The lowest BCUT2D eigenvalue weighted by Gasteiger charge is -2.06. The zero-order valence-electron chi connectivity index (χ0n) is 12.6. The van der Waals surface area contributed by atoms with Crippen LogP contribution in [0.5, 0.6) is 0 Å². The topological polar surface area (TPSA) is 52.3 Å². The maximum absolute atomic E-state index is 5.21. The summed E-state index contributed by atoms with van der Waals surface area (Å²) in [5, 5.41) is 8.30. The molecule has 0 atom stereocenters. The zero-order valence-corrected chi connectivity index (χ0v) is 12.6. The van der Waals surface area contributed by atoms with E-state index >= 15 is 0 Å². The van der Waals surface area contributed by atoms with E-state index < -0.39 is 0 Å². The Morgan fingerprint density at radius 1 is 1.36 bits per heavy atom. The molecule has 112 valence electrons. The van der Waals surface area contributed by atoms with Crippen LogP contribution in [0.25, 0.3) is 0 Å². The lowest BCUT2D eigenvalue weighted by Crippen LogP contribution is -2.13. The van der Waals surface area contributed by atoms with Gasteiger partial charge in [0.15, 0.2) is 0 Å². The molecule has 0 N–H and O–H groups in total. The third-order valence-corrected chi connectivity index (χ3v) is 3.30. The monoisotopic (exact) mass is 294 g/mol. The molecule has 2 aromatic rings. The molecule has 1 fully saturated rings. The van der Waals surface area contributed by atoms with Crippen molar-refractivity contribution < 1.29 is 4.84 Å². The predicted molar refractivity (Wildman–Crippen MR) is 84.2 cm³/mol. The minimum absolute atomic E-state index is 0.521. The number of oxime groups is 1. The van der Waals surface area contributed by atoms with Gasteiger partial charge in [0.1, 0.15) is 25.0 Å². The average molecular weight is 294 g/mol. The fraction of sp³-hybridized carbons (Fsp3) is 0.353. The Morgan fingerprint density at radius 2 is 2.18 bits per heavy atom. The smallest absolute Gasteiger partial charge is 0.137 e. The van der Waals surface area contributed by atoms with Crippen LogP contribution in [0.15, 0.2) is 42.1 Å². The van der Waals surface area contributed by atoms with Gasteiger partial charge < -0.3 is 4.84 Å².